The van der Waals surface area contributed by atoms with Gasteiger partial charge in [-0.3, -0.25) is 4.79 Å². The van der Waals surface area contributed by atoms with Crippen molar-refractivity contribution in [3.63, 3.8) is 0 Å². The summed E-state index contributed by atoms with van der Waals surface area (Å²) in [6.07, 6.45) is 0. The molecule has 0 aromatic heterocycles. The van der Waals surface area contributed by atoms with Gasteiger partial charge in [-0.1, -0.05) is 30.3 Å². The molecule has 1 aromatic carbocycles. The van der Waals surface area contributed by atoms with Gasteiger partial charge in [0.05, 0.1) is 12.0 Å². The van der Waals surface area contributed by atoms with Crippen molar-refractivity contribution < 1.29 is 19.8 Å². The maximum atomic E-state index is 12.1. The van der Waals surface area contributed by atoms with Crippen LogP contribution in [0, 0.1) is 0 Å². The number of carbonyl (C=O) groups excluding carboxylic acids is 1. The Hall–Kier alpha value is -1.88. The Bertz CT molecular complexity index is 428. The smallest absolute Gasteiger partial charge is 0.328 e. The zero-order valence-corrected chi connectivity index (χ0v) is 10.4. The monoisotopic (exact) mass is 251 g/mol. The Labute approximate surface area is 105 Å². The summed E-state index contributed by atoms with van der Waals surface area (Å²) in [5.41, 5.74) is -0.0750. The SMILES string of the molecule is CC(C)(C(=O)N[C@@H](CO)C(=O)O)c1ccccc1. The Balaban J connectivity index is 2.86. The second kappa shape index (κ2) is 5.64. The standard InChI is InChI=1S/C13H17NO4/c1-13(2,9-6-4-3-5-7-9)12(18)14-10(8-15)11(16)17/h3-7,10,15H,8H2,1-2H3,(H,14,18)(H,16,17)/t10-/m0/s1. The van der Waals surface area contributed by atoms with Crippen LogP contribution in [0.4, 0.5) is 0 Å². The summed E-state index contributed by atoms with van der Waals surface area (Å²) >= 11 is 0. The van der Waals surface area contributed by atoms with Crippen LogP contribution in [-0.4, -0.2) is 34.7 Å². The average Bonchev–Trinajstić information content (AvgIpc) is 2.36. The van der Waals surface area contributed by atoms with Gasteiger partial charge in [0.15, 0.2) is 0 Å². The molecule has 1 aromatic rings. The molecule has 1 rings (SSSR count). The van der Waals surface area contributed by atoms with Crippen molar-refractivity contribution in [3.8, 4) is 0 Å². The Morgan fingerprint density at radius 3 is 2.28 bits per heavy atom. The van der Waals surface area contributed by atoms with E-state index >= 15 is 0 Å². The van der Waals surface area contributed by atoms with Crippen molar-refractivity contribution >= 4 is 11.9 Å². The van der Waals surface area contributed by atoms with Crippen LogP contribution in [0.2, 0.25) is 0 Å². The van der Waals surface area contributed by atoms with Crippen molar-refractivity contribution in [1.29, 1.82) is 0 Å². The van der Waals surface area contributed by atoms with Crippen LogP contribution in [0.25, 0.3) is 0 Å². The highest BCUT2D eigenvalue weighted by molar-refractivity contribution is 5.90. The Morgan fingerprint density at radius 1 is 1.28 bits per heavy atom. The van der Waals surface area contributed by atoms with Crippen LogP contribution in [0.3, 0.4) is 0 Å². The number of benzene rings is 1. The fourth-order valence-corrected chi connectivity index (χ4v) is 1.51. The molecule has 0 radical (unpaired) electrons. The molecule has 0 unspecified atom stereocenters. The van der Waals surface area contributed by atoms with Gasteiger partial charge in [0, 0.05) is 0 Å². The van der Waals surface area contributed by atoms with Gasteiger partial charge in [-0.15, -0.1) is 0 Å². The molecule has 98 valence electrons. The minimum atomic E-state index is -1.28. The molecular weight excluding hydrogens is 234 g/mol. The van der Waals surface area contributed by atoms with E-state index in [1.807, 2.05) is 18.2 Å². The quantitative estimate of drug-likeness (QED) is 0.712. The van der Waals surface area contributed by atoms with E-state index in [9.17, 15) is 9.59 Å². The fourth-order valence-electron chi connectivity index (χ4n) is 1.51. The number of carboxylic acid groups (broad SMARTS) is 1. The number of hydrogen-bond acceptors (Lipinski definition) is 3. The molecule has 1 atom stereocenters. The van der Waals surface area contributed by atoms with Crippen LogP contribution >= 0.6 is 0 Å². The lowest BCUT2D eigenvalue weighted by atomic mass is 9.83. The zero-order valence-electron chi connectivity index (χ0n) is 10.4. The summed E-state index contributed by atoms with van der Waals surface area (Å²) < 4.78 is 0. The maximum absolute atomic E-state index is 12.1. The third-order valence-electron chi connectivity index (χ3n) is 2.85. The van der Waals surface area contributed by atoms with Gasteiger partial charge in [0.25, 0.3) is 0 Å². The number of nitrogens with one attached hydrogen (secondary N) is 1. The molecular formula is C13H17NO4. The fraction of sp³-hybridized carbons (Fsp3) is 0.385. The number of amides is 1. The number of carboxylic acids is 1. The third kappa shape index (κ3) is 3.07. The average molecular weight is 251 g/mol. The number of aliphatic hydroxyl groups excluding tert-OH is 1. The van der Waals surface area contributed by atoms with Gasteiger partial charge < -0.3 is 15.5 Å². The van der Waals surface area contributed by atoms with Crippen molar-refractivity contribution in [1.82, 2.24) is 5.32 Å². The highest BCUT2D eigenvalue weighted by Gasteiger charge is 2.32. The minimum absolute atomic E-state index is 0.435. The molecule has 5 nitrogen and oxygen atoms in total. The summed E-state index contributed by atoms with van der Waals surface area (Å²) in [6, 6.07) is 7.78. The number of aliphatic hydroxyl groups is 1. The van der Waals surface area contributed by atoms with E-state index in [0.29, 0.717) is 0 Å². The van der Waals surface area contributed by atoms with Crippen molar-refractivity contribution in [2.45, 2.75) is 25.3 Å². The molecule has 1 amide bonds. The number of carbonyl (C=O) groups is 2. The van der Waals surface area contributed by atoms with Gasteiger partial charge in [0.1, 0.15) is 6.04 Å². The largest absolute Gasteiger partial charge is 0.480 e. The van der Waals surface area contributed by atoms with Crippen LogP contribution in [-0.2, 0) is 15.0 Å². The lowest BCUT2D eigenvalue weighted by Gasteiger charge is -2.25. The predicted molar refractivity (Wildman–Crippen MR) is 66.1 cm³/mol. The lowest BCUT2D eigenvalue weighted by Crippen LogP contribution is -2.49. The zero-order chi connectivity index (χ0) is 13.8. The van der Waals surface area contributed by atoms with E-state index in [0.717, 1.165) is 5.56 Å². The van der Waals surface area contributed by atoms with Crippen LogP contribution < -0.4 is 5.32 Å². The minimum Gasteiger partial charge on any atom is -0.480 e. The van der Waals surface area contributed by atoms with E-state index in [2.05, 4.69) is 5.32 Å². The first-order valence-corrected chi connectivity index (χ1v) is 5.59. The van der Waals surface area contributed by atoms with Gasteiger partial charge >= 0.3 is 5.97 Å². The molecule has 0 saturated heterocycles. The number of aliphatic carboxylic acids is 1. The van der Waals surface area contributed by atoms with E-state index < -0.39 is 29.9 Å². The highest BCUT2D eigenvalue weighted by atomic mass is 16.4. The van der Waals surface area contributed by atoms with Crippen molar-refractivity contribution in [3.05, 3.63) is 35.9 Å². The summed E-state index contributed by atoms with van der Waals surface area (Å²) in [7, 11) is 0. The van der Waals surface area contributed by atoms with Gasteiger partial charge in [0.2, 0.25) is 5.91 Å². The third-order valence-corrected chi connectivity index (χ3v) is 2.85. The van der Waals surface area contributed by atoms with E-state index in [4.69, 9.17) is 10.2 Å². The molecule has 18 heavy (non-hydrogen) atoms. The first kappa shape index (κ1) is 14.2. The molecule has 5 heteroatoms. The lowest BCUT2D eigenvalue weighted by molar-refractivity contribution is -0.143. The summed E-state index contributed by atoms with van der Waals surface area (Å²) in [5, 5.41) is 20.0. The second-order valence-electron chi connectivity index (χ2n) is 4.54. The van der Waals surface area contributed by atoms with Gasteiger partial charge in [-0.2, -0.15) is 0 Å². The summed E-state index contributed by atoms with van der Waals surface area (Å²) in [5.74, 6) is -1.69. The predicted octanol–water partition coefficient (Wildman–Crippen LogP) is 0.526. The topological polar surface area (TPSA) is 86.6 Å². The summed E-state index contributed by atoms with van der Waals surface area (Å²) in [4.78, 5) is 22.8. The van der Waals surface area contributed by atoms with E-state index in [1.54, 1.807) is 26.0 Å². The van der Waals surface area contributed by atoms with Crippen LogP contribution in [0.15, 0.2) is 30.3 Å². The van der Waals surface area contributed by atoms with Gasteiger partial charge in [-0.25, -0.2) is 4.79 Å². The Kier molecular flexibility index (Phi) is 4.44. The molecule has 3 N–H and O–H groups in total. The van der Waals surface area contributed by atoms with Crippen LogP contribution in [0.1, 0.15) is 19.4 Å². The second-order valence-corrected chi connectivity index (χ2v) is 4.54. The normalized spacial score (nSPS) is 12.8. The maximum Gasteiger partial charge on any atom is 0.328 e. The van der Waals surface area contributed by atoms with Crippen molar-refractivity contribution in [2.75, 3.05) is 6.61 Å². The number of rotatable bonds is 5. The van der Waals surface area contributed by atoms with Gasteiger partial charge in [-0.05, 0) is 19.4 Å². The highest BCUT2D eigenvalue weighted by Crippen LogP contribution is 2.23. The summed E-state index contributed by atoms with van der Waals surface area (Å²) in [6.45, 7) is 2.77. The Morgan fingerprint density at radius 2 is 1.83 bits per heavy atom. The first-order chi connectivity index (χ1) is 8.39. The molecule has 0 bridgehead atoms. The van der Waals surface area contributed by atoms with Crippen molar-refractivity contribution in [2.24, 2.45) is 0 Å². The van der Waals surface area contributed by atoms with E-state index in [-0.39, 0.29) is 0 Å². The van der Waals surface area contributed by atoms with Crippen LogP contribution in [0.5, 0.6) is 0 Å². The number of hydrogen-bond donors (Lipinski definition) is 3. The first-order valence-electron chi connectivity index (χ1n) is 5.59. The molecule has 0 aliphatic carbocycles. The molecule has 0 aliphatic heterocycles. The molecule has 0 aliphatic rings. The molecule has 0 heterocycles. The van der Waals surface area contributed by atoms with E-state index in [1.165, 1.54) is 0 Å². The molecule has 0 fully saturated rings. The molecule has 0 spiro atoms. The molecule has 0 saturated carbocycles.